The molecule has 11 rings (SSSR count). The van der Waals surface area contributed by atoms with Crippen molar-refractivity contribution in [1.29, 1.82) is 0 Å². The monoisotopic (exact) mass is 960 g/mol. The number of carbonyl (C=O) groups excluding carboxylic acids is 2. The zero-order valence-corrected chi connectivity index (χ0v) is 41.0. The molecule has 356 valence electrons. The number of anilines is 1. The van der Waals surface area contributed by atoms with Gasteiger partial charge in [0.25, 0.3) is 0 Å². The number of fused-ring (bicyclic) bond motifs is 2. The topological polar surface area (TPSA) is 156 Å². The zero-order valence-electron chi connectivity index (χ0n) is 39.5. The number of carbonyl (C=O) groups is 2. The Hall–Kier alpha value is -5.54. The van der Waals surface area contributed by atoms with E-state index in [2.05, 4.69) is 61.2 Å². The zero-order chi connectivity index (χ0) is 47.4. The van der Waals surface area contributed by atoms with Crippen molar-refractivity contribution in [2.45, 2.75) is 141 Å². The summed E-state index contributed by atoms with van der Waals surface area (Å²) in [5.74, 6) is 3.66. The summed E-state index contributed by atoms with van der Waals surface area (Å²) in [5.41, 5.74) is 10.7. The van der Waals surface area contributed by atoms with Crippen LogP contribution in [0.1, 0.15) is 136 Å². The number of nitrogens with zero attached hydrogens (tertiary/aromatic N) is 7. The standard InChI is InChI=1S/C29H30Cl2N4O3.C23H28N4O3/c1-16-28(17(2)38-33-16)18-4-11-25-24(14-18)32-29(35(25)19-5-8-21(37-3)9-6-19)26-12-13-27(36)34(26)20-7-10-22(30)23(31)15-20;1-13-22(14(2)30-26-13)15-4-10-20-19(12-15)25-23(18-9-11-21(28)24-18)27(20)16-5-7-17(29-3)8-6-16/h4,7,10-11,14-15,19,21,26H,5-6,8-9,12-13H2,1-3H3;4,10,12,16-18H,5-9,11H2,1-3H3,(H,24,28)/t19?,21?,26-;16?,17?,18-/m00/s1. The molecule has 0 radical (unpaired) electrons. The van der Waals surface area contributed by atoms with E-state index < -0.39 is 0 Å². The van der Waals surface area contributed by atoms with Crippen molar-refractivity contribution < 1.29 is 28.1 Å². The highest BCUT2D eigenvalue weighted by atomic mass is 35.5. The van der Waals surface area contributed by atoms with Crippen LogP contribution in [0, 0.1) is 27.7 Å². The fourth-order valence-electron chi connectivity index (χ4n) is 11.4. The van der Waals surface area contributed by atoms with Crippen LogP contribution in [0.5, 0.6) is 0 Å². The first-order valence-electron chi connectivity index (χ1n) is 23.9. The van der Waals surface area contributed by atoms with Gasteiger partial charge in [-0.05, 0) is 145 Å². The van der Waals surface area contributed by atoms with Crippen LogP contribution in [0.15, 0.2) is 63.6 Å². The summed E-state index contributed by atoms with van der Waals surface area (Å²) in [6.45, 7) is 7.78. The molecule has 0 bridgehead atoms. The molecule has 2 atom stereocenters. The predicted octanol–water partition coefficient (Wildman–Crippen LogP) is 12.0. The molecule has 3 aromatic carbocycles. The molecule has 4 aliphatic rings. The number of imidazole rings is 2. The second-order valence-electron chi connectivity index (χ2n) is 18.9. The number of benzene rings is 3. The van der Waals surface area contributed by atoms with E-state index in [1.165, 1.54) is 0 Å². The van der Waals surface area contributed by atoms with Crippen molar-refractivity contribution in [3.05, 3.63) is 99.2 Å². The largest absolute Gasteiger partial charge is 0.381 e. The number of aryl methyl sites for hydroxylation is 4. The molecule has 2 saturated carbocycles. The number of aromatic nitrogens is 6. The Bertz CT molecular complexity index is 2970. The molecule has 2 aliphatic heterocycles. The maximum absolute atomic E-state index is 13.2. The highest BCUT2D eigenvalue weighted by molar-refractivity contribution is 6.42. The van der Waals surface area contributed by atoms with Gasteiger partial charge in [-0.3, -0.25) is 9.59 Å². The second kappa shape index (κ2) is 19.1. The highest BCUT2D eigenvalue weighted by Crippen LogP contribution is 2.44. The molecule has 4 fully saturated rings. The Kier molecular flexibility index (Phi) is 13.0. The van der Waals surface area contributed by atoms with Gasteiger partial charge in [-0.2, -0.15) is 0 Å². The van der Waals surface area contributed by atoms with Crippen molar-refractivity contribution in [1.82, 2.24) is 34.7 Å². The minimum atomic E-state index is -0.199. The molecule has 4 aromatic heterocycles. The number of methoxy groups -OCH3 is 2. The van der Waals surface area contributed by atoms with Gasteiger partial charge in [-0.15, -0.1) is 0 Å². The quantitative estimate of drug-likeness (QED) is 0.148. The number of nitrogens with one attached hydrogen (secondary N) is 1. The normalized spacial score (nSPS) is 23.1. The van der Waals surface area contributed by atoms with Gasteiger partial charge in [-0.25, -0.2) is 9.97 Å². The van der Waals surface area contributed by atoms with Gasteiger partial charge in [-0.1, -0.05) is 45.6 Å². The lowest BCUT2D eigenvalue weighted by molar-refractivity contribution is -0.119. The smallest absolute Gasteiger partial charge is 0.227 e. The first-order chi connectivity index (χ1) is 32.9. The van der Waals surface area contributed by atoms with Crippen molar-refractivity contribution in [3.63, 3.8) is 0 Å². The lowest BCUT2D eigenvalue weighted by Gasteiger charge is -2.32. The Balaban J connectivity index is 0.000000163. The van der Waals surface area contributed by atoms with Crippen molar-refractivity contribution >= 4 is 62.8 Å². The Morgan fingerprint density at radius 1 is 0.618 bits per heavy atom. The van der Waals surface area contributed by atoms with Crippen LogP contribution in [-0.2, 0) is 19.1 Å². The van der Waals surface area contributed by atoms with Crippen LogP contribution in [0.3, 0.4) is 0 Å². The van der Waals surface area contributed by atoms with E-state index in [1.807, 2.05) is 38.7 Å². The summed E-state index contributed by atoms with van der Waals surface area (Å²) in [6, 6.07) is 18.6. The van der Waals surface area contributed by atoms with E-state index in [0.717, 1.165) is 142 Å². The van der Waals surface area contributed by atoms with Crippen LogP contribution in [0.4, 0.5) is 5.69 Å². The third kappa shape index (κ3) is 8.62. The summed E-state index contributed by atoms with van der Waals surface area (Å²) in [5, 5.41) is 12.2. The van der Waals surface area contributed by atoms with Gasteiger partial charge in [0.05, 0.1) is 67.8 Å². The van der Waals surface area contributed by atoms with Gasteiger partial charge in [0.1, 0.15) is 23.2 Å². The van der Waals surface area contributed by atoms with E-state index >= 15 is 0 Å². The fraction of sp³-hybridized carbons (Fsp3) is 0.462. The van der Waals surface area contributed by atoms with Gasteiger partial charge in [0, 0.05) is 56.0 Å². The molecule has 0 unspecified atom stereocenters. The average Bonchev–Trinajstić information content (AvgIpc) is 4.22. The van der Waals surface area contributed by atoms with Gasteiger partial charge in [0.15, 0.2) is 0 Å². The van der Waals surface area contributed by atoms with Crippen LogP contribution in [0.25, 0.3) is 44.3 Å². The summed E-state index contributed by atoms with van der Waals surface area (Å²) < 4.78 is 26.8. The average molecular weight is 962 g/mol. The van der Waals surface area contributed by atoms with Gasteiger partial charge in [0.2, 0.25) is 11.8 Å². The third-order valence-electron chi connectivity index (χ3n) is 14.8. The van der Waals surface area contributed by atoms with Crippen LogP contribution >= 0.6 is 23.2 Å². The predicted molar refractivity (Wildman–Crippen MR) is 262 cm³/mol. The fourth-order valence-corrected chi connectivity index (χ4v) is 11.6. The Morgan fingerprint density at radius 2 is 1.15 bits per heavy atom. The Labute approximate surface area is 405 Å². The molecule has 2 saturated heterocycles. The molecular formula is C52H58Cl2N8O6. The minimum Gasteiger partial charge on any atom is -0.381 e. The van der Waals surface area contributed by atoms with E-state index in [1.54, 1.807) is 26.4 Å². The first kappa shape index (κ1) is 46.2. The molecule has 7 aromatic rings. The van der Waals surface area contributed by atoms with Crippen LogP contribution < -0.4 is 10.2 Å². The van der Waals surface area contributed by atoms with Crippen molar-refractivity contribution in [2.24, 2.45) is 0 Å². The summed E-state index contributed by atoms with van der Waals surface area (Å²) in [6.07, 6.45) is 11.3. The summed E-state index contributed by atoms with van der Waals surface area (Å²) in [4.78, 5) is 37.2. The van der Waals surface area contributed by atoms with E-state index in [0.29, 0.717) is 41.5 Å². The molecule has 16 heteroatoms. The minimum absolute atomic E-state index is 0.0208. The van der Waals surface area contributed by atoms with E-state index in [-0.39, 0.29) is 36.0 Å². The maximum Gasteiger partial charge on any atom is 0.227 e. The lowest BCUT2D eigenvalue weighted by atomic mass is 9.92. The maximum atomic E-state index is 13.2. The van der Waals surface area contributed by atoms with E-state index in [9.17, 15) is 9.59 Å². The molecule has 2 amide bonds. The molecule has 14 nitrogen and oxygen atoms in total. The van der Waals surface area contributed by atoms with Crippen LogP contribution in [0.2, 0.25) is 10.0 Å². The first-order valence-corrected chi connectivity index (χ1v) is 24.7. The molecular weight excluding hydrogens is 904 g/mol. The number of hydrogen-bond donors (Lipinski definition) is 1. The number of halogens is 2. The van der Waals surface area contributed by atoms with Crippen molar-refractivity contribution in [2.75, 3.05) is 19.1 Å². The number of ether oxygens (including phenoxy) is 2. The molecule has 6 heterocycles. The lowest BCUT2D eigenvalue weighted by Crippen LogP contribution is -2.31. The third-order valence-corrected chi connectivity index (χ3v) is 15.5. The highest BCUT2D eigenvalue weighted by Gasteiger charge is 2.39. The Morgan fingerprint density at radius 3 is 1.62 bits per heavy atom. The van der Waals surface area contributed by atoms with Gasteiger partial charge >= 0.3 is 0 Å². The SMILES string of the molecule is COC1CCC(n2c([C@@H]3CCC(=O)N3)nc3cc(-c4c(C)noc4C)ccc32)CC1.COC1CCC(n2c([C@@H]3CCC(=O)N3c3ccc(Cl)c(Cl)c3)nc3cc(-c4c(C)noc4C)ccc32)CC1. The molecule has 1 N–H and O–H groups in total. The van der Waals surface area contributed by atoms with Crippen LogP contribution in [-0.4, -0.2) is 67.7 Å². The van der Waals surface area contributed by atoms with Crippen molar-refractivity contribution in [3.8, 4) is 22.3 Å². The summed E-state index contributed by atoms with van der Waals surface area (Å²) >= 11 is 12.5. The van der Waals surface area contributed by atoms with Gasteiger partial charge < -0.3 is 37.9 Å². The van der Waals surface area contributed by atoms with E-state index in [4.69, 9.17) is 51.7 Å². The number of rotatable bonds is 9. The molecule has 0 spiro atoms. The number of amides is 2. The molecule has 2 aliphatic carbocycles. The number of hydrogen-bond acceptors (Lipinski definition) is 10. The second-order valence-corrected chi connectivity index (χ2v) is 19.7. The molecule has 68 heavy (non-hydrogen) atoms. The summed E-state index contributed by atoms with van der Waals surface area (Å²) in [7, 11) is 3.59.